The molecule has 0 spiro atoms. The fourth-order valence-electron chi connectivity index (χ4n) is 3.13. The highest BCUT2D eigenvalue weighted by Crippen LogP contribution is 2.26. The molecule has 3 N–H and O–H groups in total. The van der Waals surface area contributed by atoms with Crippen molar-refractivity contribution in [3.8, 4) is 0 Å². The summed E-state index contributed by atoms with van der Waals surface area (Å²) >= 11 is 0. The molecule has 2 atom stereocenters. The van der Waals surface area contributed by atoms with Crippen LogP contribution in [0.4, 0.5) is 10.1 Å². The van der Waals surface area contributed by atoms with Gasteiger partial charge < -0.3 is 10.2 Å². The number of aryl methyl sites for hydroxylation is 1. The topological polar surface area (TPSA) is 73.5 Å². The summed E-state index contributed by atoms with van der Waals surface area (Å²) in [7, 11) is 1.61. The molecule has 7 heteroatoms. The lowest BCUT2D eigenvalue weighted by Crippen LogP contribution is -2.40. The van der Waals surface area contributed by atoms with E-state index in [1.807, 2.05) is 31.2 Å². The molecule has 27 heavy (non-hydrogen) atoms. The van der Waals surface area contributed by atoms with Crippen molar-refractivity contribution in [2.45, 2.75) is 13.0 Å². The number of likely N-dealkylation sites (N-methyl/N-ethyl adjacent to an activating group) is 1. The lowest BCUT2D eigenvalue weighted by Gasteiger charge is -2.24. The van der Waals surface area contributed by atoms with Gasteiger partial charge >= 0.3 is 0 Å². The molecule has 6 nitrogen and oxygen atoms in total. The summed E-state index contributed by atoms with van der Waals surface area (Å²) in [6, 6.07) is 13.2. The van der Waals surface area contributed by atoms with Crippen molar-refractivity contribution in [2.75, 3.05) is 25.5 Å². The number of halogens is 1. The van der Waals surface area contributed by atoms with Crippen LogP contribution in [0.2, 0.25) is 0 Å². The van der Waals surface area contributed by atoms with E-state index in [4.69, 9.17) is 0 Å². The van der Waals surface area contributed by atoms with Gasteiger partial charge in [-0.05, 0) is 36.8 Å². The third-order valence-electron chi connectivity index (χ3n) is 4.62. The number of nitrogens with zero attached hydrogens (tertiary/aromatic N) is 1. The van der Waals surface area contributed by atoms with Gasteiger partial charge in [0.2, 0.25) is 11.8 Å². The number of nitrogens with one attached hydrogen (secondary N) is 3. The second-order valence-electron chi connectivity index (χ2n) is 6.77. The first-order chi connectivity index (χ1) is 12.9. The van der Waals surface area contributed by atoms with Gasteiger partial charge in [-0.2, -0.15) is 0 Å². The maximum atomic E-state index is 13.1. The first-order valence-electron chi connectivity index (χ1n) is 8.79. The highest BCUT2D eigenvalue weighted by atomic mass is 19.1. The van der Waals surface area contributed by atoms with Crippen molar-refractivity contribution in [1.29, 1.82) is 0 Å². The molecule has 1 fully saturated rings. The maximum Gasteiger partial charge on any atom is 0.243 e. The number of carbonyl (C=O) groups excluding carboxylic acids is 2. The van der Waals surface area contributed by atoms with Crippen molar-refractivity contribution in [3.05, 3.63) is 65.5 Å². The quantitative estimate of drug-likeness (QED) is 0.753. The summed E-state index contributed by atoms with van der Waals surface area (Å²) in [5, 5.41) is 2.79. The lowest BCUT2D eigenvalue weighted by molar-refractivity contribution is -0.136. The van der Waals surface area contributed by atoms with Crippen LogP contribution in [0.1, 0.15) is 17.2 Å². The standard InChI is InChI=1S/C20H23FN4O2/c1-13-3-9-16(10-4-13)23-18(26)12-25(2)20(27)17-11-22-24-19(17)14-5-7-15(21)8-6-14/h3-10,17,19,22,24H,11-12H2,1-2H3,(H,23,26). The minimum Gasteiger partial charge on any atom is -0.336 e. The van der Waals surface area contributed by atoms with Gasteiger partial charge in [-0.1, -0.05) is 29.8 Å². The molecule has 0 radical (unpaired) electrons. The second kappa shape index (κ2) is 8.28. The van der Waals surface area contributed by atoms with Crippen molar-refractivity contribution in [3.63, 3.8) is 0 Å². The van der Waals surface area contributed by atoms with E-state index in [9.17, 15) is 14.0 Å². The van der Waals surface area contributed by atoms with Crippen molar-refractivity contribution >= 4 is 17.5 Å². The zero-order chi connectivity index (χ0) is 19.4. The highest BCUT2D eigenvalue weighted by molar-refractivity contribution is 5.94. The van der Waals surface area contributed by atoms with Crippen LogP contribution in [0, 0.1) is 18.7 Å². The second-order valence-corrected chi connectivity index (χ2v) is 6.77. The summed E-state index contributed by atoms with van der Waals surface area (Å²) in [5.41, 5.74) is 8.65. The molecule has 1 saturated heterocycles. The number of hydrogen-bond donors (Lipinski definition) is 3. The van der Waals surface area contributed by atoms with E-state index < -0.39 is 0 Å². The minimum absolute atomic E-state index is 0.0423. The number of hydrogen-bond acceptors (Lipinski definition) is 4. The number of rotatable bonds is 5. The Kier molecular flexibility index (Phi) is 5.83. The van der Waals surface area contributed by atoms with E-state index in [0.717, 1.165) is 11.1 Å². The molecule has 2 amide bonds. The SMILES string of the molecule is Cc1ccc(NC(=O)CN(C)C(=O)C2CNNC2c2ccc(F)cc2)cc1. The van der Waals surface area contributed by atoms with Crippen LogP contribution in [0.15, 0.2) is 48.5 Å². The molecule has 2 aromatic rings. The fourth-order valence-corrected chi connectivity index (χ4v) is 3.13. The summed E-state index contributed by atoms with van der Waals surface area (Å²) in [5.74, 6) is -1.11. The average Bonchev–Trinajstić information content (AvgIpc) is 3.13. The molecule has 0 aliphatic carbocycles. The molecule has 1 aliphatic rings. The first-order valence-corrected chi connectivity index (χ1v) is 8.79. The molecule has 142 valence electrons. The molecule has 2 aromatic carbocycles. The molecule has 0 aromatic heterocycles. The smallest absolute Gasteiger partial charge is 0.243 e. The van der Waals surface area contributed by atoms with E-state index in [2.05, 4.69) is 16.2 Å². The minimum atomic E-state index is -0.382. The molecule has 0 bridgehead atoms. The van der Waals surface area contributed by atoms with Crippen LogP contribution < -0.4 is 16.2 Å². The van der Waals surface area contributed by atoms with Crippen molar-refractivity contribution in [1.82, 2.24) is 15.8 Å². The predicted octanol–water partition coefficient (Wildman–Crippen LogP) is 2.00. The number of benzene rings is 2. The highest BCUT2D eigenvalue weighted by Gasteiger charge is 2.36. The summed E-state index contributed by atoms with van der Waals surface area (Å²) in [6.45, 7) is 2.36. The fraction of sp³-hybridized carbons (Fsp3) is 0.300. The Labute approximate surface area is 157 Å². The van der Waals surface area contributed by atoms with Crippen LogP contribution in [0.5, 0.6) is 0 Å². The monoisotopic (exact) mass is 370 g/mol. The number of hydrazine groups is 1. The van der Waals surface area contributed by atoms with E-state index >= 15 is 0 Å². The molecule has 1 aliphatic heterocycles. The molecule has 3 rings (SSSR count). The zero-order valence-electron chi connectivity index (χ0n) is 15.3. The molecular formula is C20H23FN4O2. The zero-order valence-corrected chi connectivity index (χ0v) is 15.3. The van der Waals surface area contributed by atoms with Gasteiger partial charge in [0.25, 0.3) is 0 Å². The maximum absolute atomic E-state index is 13.1. The first kappa shape index (κ1) is 19.0. The van der Waals surface area contributed by atoms with E-state index in [-0.39, 0.29) is 36.1 Å². The van der Waals surface area contributed by atoms with Gasteiger partial charge in [0, 0.05) is 19.3 Å². The predicted molar refractivity (Wildman–Crippen MR) is 101 cm³/mol. The third kappa shape index (κ3) is 4.69. The largest absolute Gasteiger partial charge is 0.336 e. The summed E-state index contributed by atoms with van der Waals surface area (Å²) in [6.07, 6.45) is 0. The molecule has 2 unspecified atom stereocenters. The number of carbonyl (C=O) groups is 2. The Balaban J connectivity index is 1.61. The van der Waals surface area contributed by atoms with E-state index in [0.29, 0.717) is 12.2 Å². The van der Waals surface area contributed by atoms with Gasteiger partial charge in [-0.25, -0.2) is 9.82 Å². The van der Waals surface area contributed by atoms with Crippen LogP contribution in [0.25, 0.3) is 0 Å². The Morgan fingerprint density at radius 2 is 1.81 bits per heavy atom. The van der Waals surface area contributed by atoms with E-state index in [1.165, 1.54) is 17.0 Å². The Bertz CT molecular complexity index is 808. The van der Waals surface area contributed by atoms with Gasteiger partial charge in [0.15, 0.2) is 0 Å². The Morgan fingerprint density at radius 1 is 1.15 bits per heavy atom. The van der Waals surface area contributed by atoms with Crippen molar-refractivity contribution < 1.29 is 14.0 Å². The van der Waals surface area contributed by atoms with E-state index in [1.54, 1.807) is 19.2 Å². The third-order valence-corrected chi connectivity index (χ3v) is 4.62. The summed E-state index contributed by atoms with van der Waals surface area (Å²) < 4.78 is 13.1. The van der Waals surface area contributed by atoms with Crippen LogP contribution in [-0.2, 0) is 9.59 Å². The van der Waals surface area contributed by atoms with Crippen LogP contribution >= 0.6 is 0 Å². The van der Waals surface area contributed by atoms with Crippen molar-refractivity contribution in [2.24, 2.45) is 5.92 Å². The Hall–Kier alpha value is -2.77. The number of anilines is 1. The van der Waals surface area contributed by atoms with Gasteiger partial charge in [-0.15, -0.1) is 0 Å². The summed E-state index contributed by atoms with van der Waals surface area (Å²) in [4.78, 5) is 26.5. The lowest BCUT2D eigenvalue weighted by atomic mass is 9.94. The molecular weight excluding hydrogens is 347 g/mol. The van der Waals surface area contributed by atoms with Crippen LogP contribution in [0.3, 0.4) is 0 Å². The van der Waals surface area contributed by atoms with Gasteiger partial charge in [0.05, 0.1) is 18.5 Å². The Morgan fingerprint density at radius 3 is 2.48 bits per heavy atom. The van der Waals surface area contributed by atoms with Gasteiger partial charge in [0.1, 0.15) is 5.82 Å². The van der Waals surface area contributed by atoms with Gasteiger partial charge in [-0.3, -0.25) is 15.0 Å². The molecule has 1 heterocycles. The van der Waals surface area contributed by atoms with Crippen LogP contribution in [-0.4, -0.2) is 36.9 Å². The average molecular weight is 370 g/mol. The normalized spacial score (nSPS) is 18.9. The molecule has 0 saturated carbocycles. The number of amides is 2.